The highest BCUT2D eigenvalue weighted by atomic mass is 16.7. The van der Waals surface area contributed by atoms with Crippen LogP contribution in [0.3, 0.4) is 0 Å². The van der Waals surface area contributed by atoms with Gasteiger partial charge in [-0.05, 0) is 24.3 Å². The maximum Gasteiger partial charge on any atom is 0.338 e. The fourth-order valence-electron chi connectivity index (χ4n) is 4.53. The molecule has 0 radical (unpaired) electrons. The van der Waals surface area contributed by atoms with Gasteiger partial charge in [-0.3, -0.25) is 4.79 Å². The third kappa shape index (κ3) is 5.58. The standard InChI is InChI=1S/C28H24O17/c29-10-5-11(30)18-16(6-10)43-25(8-1-12(31)19(35)13(32)2-8)26(22(18)38)45-28-24(40)23(39)21(37)17(44-28)7-42-27(41)9-3-14(33)20(36)15(34)4-9/h1-6,17,21,23-24,28-37,39-40H,7H2/t17-,21+,23-,24+,28-/m0/s1. The molecule has 45 heavy (non-hydrogen) atoms. The zero-order valence-electron chi connectivity index (χ0n) is 22.4. The van der Waals surface area contributed by atoms with E-state index in [-0.39, 0.29) is 5.56 Å². The highest BCUT2D eigenvalue weighted by Crippen LogP contribution is 2.43. The van der Waals surface area contributed by atoms with Gasteiger partial charge in [-0.15, -0.1) is 0 Å². The summed E-state index contributed by atoms with van der Waals surface area (Å²) in [5.41, 5.74) is -2.26. The number of ether oxygens (including phenoxy) is 3. The number of fused-ring (bicyclic) bond motifs is 1. The van der Waals surface area contributed by atoms with E-state index in [0.717, 1.165) is 36.4 Å². The molecule has 4 aromatic rings. The average molecular weight is 632 g/mol. The number of esters is 1. The molecular weight excluding hydrogens is 608 g/mol. The molecule has 1 aliphatic rings. The van der Waals surface area contributed by atoms with Crippen molar-refractivity contribution in [2.45, 2.75) is 30.7 Å². The van der Waals surface area contributed by atoms with Gasteiger partial charge in [0.15, 0.2) is 40.3 Å². The van der Waals surface area contributed by atoms with Crippen molar-refractivity contribution in [1.82, 2.24) is 0 Å². The molecule has 238 valence electrons. The molecule has 1 saturated heterocycles. The van der Waals surface area contributed by atoms with Crippen molar-refractivity contribution in [3.8, 4) is 63.1 Å². The molecular formula is C28H24O17. The summed E-state index contributed by atoms with van der Waals surface area (Å²) in [6.45, 7) is -0.828. The maximum atomic E-state index is 13.6. The number of aliphatic hydroxyl groups excluding tert-OH is 3. The number of benzene rings is 3. The topological polar surface area (TPSA) is 298 Å². The van der Waals surface area contributed by atoms with Crippen molar-refractivity contribution in [2.75, 3.05) is 6.61 Å². The van der Waals surface area contributed by atoms with Gasteiger partial charge < -0.3 is 74.8 Å². The monoisotopic (exact) mass is 632 g/mol. The van der Waals surface area contributed by atoms with Gasteiger partial charge in [0, 0.05) is 17.7 Å². The van der Waals surface area contributed by atoms with Crippen LogP contribution in [0.2, 0.25) is 0 Å². The third-order valence-corrected chi connectivity index (χ3v) is 6.84. The first kappa shape index (κ1) is 30.8. The van der Waals surface area contributed by atoms with Crippen LogP contribution in [-0.2, 0) is 9.47 Å². The molecule has 0 amide bonds. The van der Waals surface area contributed by atoms with Crippen molar-refractivity contribution in [1.29, 1.82) is 0 Å². The van der Waals surface area contributed by atoms with Crippen LogP contribution in [0.5, 0.6) is 51.7 Å². The predicted octanol–water partition coefficient (Wildman–Crippen LogP) is 0.148. The number of hydrogen-bond acceptors (Lipinski definition) is 17. The fourth-order valence-corrected chi connectivity index (χ4v) is 4.53. The fraction of sp³-hybridized carbons (Fsp3) is 0.214. The Morgan fingerprint density at radius 3 is 1.91 bits per heavy atom. The molecule has 0 saturated carbocycles. The summed E-state index contributed by atoms with van der Waals surface area (Å²) in [6.07, 6.45) is -9.67. The van der Waals surface area contributed by atoms with E-state index >= 15 is 0 Å². The maximum absolute atomic E-state index is 13.6. The highest BCUT2D eigenvalue weighted by Gasteiger charge is 2.46. The van der Waals surface area contributed by atoms with Gasteiger partial charge in [-0.1, -0.05) is 0 Å². The lowest BCUT2D eigenvalue weighted by Gasteiger charge is -2.39. The molecule has 0 spiro atoms. The van der Waals surface area contributed by atoms with Crippen LogP contribution in [-0.4, -0.2) is 99.5 Å². The largest absolute Gasteiger partial charge is 0.508 e. The molecule has 5 atom stereocenters. The van der Waals surface area contributed by atoms with Crippen LogP contribution >= 0.6 is 0 Å². The number of phenolic OH excluding ortho intramolecular Hbond substituents is 8. The minimum Gasteiger partial charge on any atom is -0.508 e. The van der Waals surface area contributed by atoms with Crippen molar-refractivity contribution in [2.24, 2.45) is 0 Å². The van der Waals surface area contributed by atoms with Crippen molar-refractivity contribution in [3.63, 3.8) is 0 Å². The van der Waals surface area contributed by atoms with Crippen molar-refractivity contribution in [3.05, 3.63) is 52.2 Å². The number of aromatic hydroxyl groups is 8. The van der Waals surface area contributed by atoms with E-state index in [9.17, 15) is 65.8 Å². The number of carbonyl (C=O) groups is 1. The molecule has 17 nitrogen and oxygen atoms in total. The Morgan fingerprint density at radius 1 is 0.733 bits per heavy atom. The Balaban J connectivity index is 1.50. The zero-order chi connectivity index (χ0) is 32.9. The molecule has 0 aliphatic carbocycles. The zero-order valence-corrected chi connectivity index (χ0v) is 22.4. The van der Waals surface area contributed by atoms with Crippen LogP contribution < -0.4 is 10.2 Å². The number of phenols is 8. The van der Waals surface area contributed by atoms with E-state index < -0.39 is 123 Å². The normalized spacial score (nSPS) is 21.4. The molecule has 1 aromatic heterocycles. The molecule has 3 aromatic carbocycles. The second-order valence-corrected chi connectivity index (χ2v) is 9.88. The molecule has 0 bridgehead atoms. The summed E-state index contributed by atoms with van der Waals surface area (Å²) in [5.74, 6) is -9.11. The van der Waals surface area contributed by atoms with E-state index in [1.165, 1.54) is 0 Å². The van der Waals surface area contributed by atoms with E-state index in [0.29, 0.717) is 0 Å². The average Bonchev–Trinajstić information content (AvgIpc) is 2.98. The molecule has 5 rings (SSSR count). The molecule has 0 unspecified atom stereocenters. The van der Waals surface area contributed by atoms with Gasteiger partial charge in [0.25, 0.3) is 0 Å². The molecule has 17 heteroatoms. The molecule has 1 aliphatic heterocycles. The lowest BCUT2D eigenvalue weighted by Crippen LogP contribution is -2.60. The lowest BCUT2D eigenvalue weighted by molar-refractivity contribution is -0.277. The highest BCUT2D eigenvalue weighted by molar-refractivity contribution is 5.91. The Labute approximate surface area is 249 Å². The minimum absolute atomic E-state index is 0.295. The van der Waals surface area contributed by atoms with Crippen LogP contribution in [0.25, 0.3) is 22.3 Å². The van der Waals surface area contributed by atoms with E-state index in [1.54, 1.807) is 0 Å². The Kier molecular flexibility index (Phi) is 7.86. The Morgan fingerprint density at radius 2 is 1.31 bits per heavy atom. The van der Waals surface area contributed by atoms with Gasteiger partial charge in [-0.2, -0.15) is 0 Å². The summed E-state index contributed by atoms with van der Waals surface area (Å²) in [5, 5.41) is 110. The number of carbonyl (C=O) groups excluding carboxylic acids is 1. The van der Waals surface area contributed by atoms with Gasteiger partial charge in [0.05, 0.1) is 5.56 Å². The summed E-state index contributed by atoms with van der Waals surface area (Å²) in [4.78, 5) is 26.0. The first-order valence-electron chi connectivity index (χ1n) is 12.7. The van der Waals surface area contributed by atoms with Crippen LogP contribution in [0, 0.1) is 0 Å². The first-order chi connectivity index (χ1) is 21.2. The Bertz CT molecular complexity index is 1820. The van der Waals surface area contributed by atoms with Gasteiger partial charge >= 0.3 is 5.97 Å². The van der Waals surface area contributed by atoms with Crippen molar-refractivity contribution < 1.29 is 79.6 Å². The molecule has 2 heterocycles. The van der Waals surface area contributed by atoms with Crippen LogP contribution in [0.4, 0.5) is 0 Å². The smallest absolute Gasteiger partial charge is 0.338 e. The molecule has 11 N–H and O–H groups in total. The van der Waals surface area contributed by atoms with Gasteiger partial charge in [-0.25, -0.2) is 4.79 Å². The lowest BCUT2D eigenvalue weighted by atomic mass is 9.99. The SMILES string of the molecule is O=C(OC[C@@H]1O[C@@H](Oc2c(-c3cc(O)c(O)c(O)c3)oc3cc(O)cc(O)c3c2=O)[C@H](O)[C@@H](O)[C@@H]1O)c1cc(O)c(O)c(O)c1. The van der Waals surface area contributed by atoms with Crippen molar-refractivity contribution >= 4 is 16.9 Å². The quantitative estimate of drug-likeness (QED) is 0.0995. The predicted molar refractivity (Wildman–Crippen MR) is 145 cm³/mol. The summed E-state index contributed by atoms with van der Waals surface area (Å²) in [6, 6.07) is 5.02. The van der Waals surface area contributed by atoms with Gasteiger partial charge in [0.1, 0.15) is 53.5 Å². The second kappa shape index (κ2) is 11.5. The van der Waals surface area contributed by atoms with E-state index in [2.05, 4.69) is 0 Å². The summed E-state index contributed by atoms with van der Waals surface area (Å²) in [7, 11) is 0. The molecule has 1 fully saturated rings. The number of aliphatic hydroxyl groups is 3. The summed E-state index contributed by atoms with van der Waals surface area (Å²) < 4.78 is 21.8. The first-order valence-corrected chi connectivity index (χ1v) is 12.7. The second-order valence-electron chi connectivity index (χ2n) is 9.88. The van der Waals surface area contributed by atoms with Crippen LogP contribution in [0.15, 0.2) is 45.6 Å². The number of rotatable bonds is 6. The Hall–Kier alpha value is -5.62. The minimum atomic E-state index is -2.07. The van der Waals surface area contributed by atoms with E-state index in [4.69, 9.17) is 18.6 Å². The number of hydrogen-bond donors (Lipinski definition) is 11. The van der Waals surface area contributed by atoms with E-state index in [1.807, 2.05) is 0 Å². The van der Waals surface area contributed by atoms with Crippen LogP contribution in [0.1, 0.15) is 10.4 Å². The van der Waals surface area contributed by atoms with Gasteiger partial charge in [0.2, 0.25) is 17.5 Å². The third-order valence-electron chi connectivity index (χ3n) is 6.84. The summed E-state index contributed by atoms with van der Waals surface area (Å²) >= 11 is 0.